The Balaban J connectivity index is 1.66. The van der Waals surface area contributed by atoms with E-state index in [4.69, 9.17) is 0 Å². The normalized spacial score (nSPS) is 12.0. The molecule has 5 rings (SSSR count). The van der Waals surface area contributed by atoms with Gasteiger partial charge in [-0.15, -0.1) is 18.3 Å². The average Bonchev–Trinajstić information content (AvgIpc) is 3.63. The van der Waals surface area contributed by atoms with Gasteiger partial charge < -0.3 is 10.1 Å². The largest absolute Gasteiger partial charge is 0.573 e. The summed E-state index contributed by atoms with van der Waals surface area (Å²) in [4.78, 5) is 13.1. The molecule has 2 aromatic heterocycles. The third-order valence-electron chi connectivity index (χ3n) is 6.85. The number of aromatic nitrogens is 5. The lowest BCUT2D eigenvalue weighted by molar-refractivity contribution is -0.274. The van der Waals surface area contributed by atoms with Crippen molar-refractivity contribution in [2.24, 2.45) is 7.05 Å². The molecule has 0 spiro atoms. The smallest absolute Gasteiger partial charge is 0.406 e. The fraction of sp³-hybridized carbons (Fsp3) is 0.194. The first-order chi connectivity index (χ1) is 21.5. The maximum atomic E-state index is 12.9. The highest BCUT2D eigenvalue weighted by Gasteiger charge is 2.31. The van der Waals surface area contributed by atoms with Crippen molar-refractivity contribution in [2.45, 2.75) is 30.6 Å². The van der Waals surface area contributed by atoms with E-state index < -0.39 is 33.4 Å². The van der Waals surface area contributed by atoms with Gasteiger partial charge in [-0.25, -0.2) is 13.1 Å². The Labute approximate surface area is 261 Å². The molecule has 0 atom stereocenters. The number of nitrogens with one attached hydrogen (secondary N) is 1. The first-order valence-electron chi connectivity index (χ1n) is 13.5. The van der Waals surface area contributed by atoms with Crippen LogP contribution < -0.4 is 10.1 Å². The van der Waals surface area contributed by atoms with Crippen molar-refractivity contribution in [3.8, 4) is 51.1 Å². The molecule has 2 heterocycles. The minimum Gasteiger partial charge on any atom is -0.406 e. The van der Waals surface area contributed by atoms with Crippen LogP contribution in [0.3, 0.4) is 0 Å². The first kappa shape index (κ1) is 31.9. The number of amides is 1. The lowest BCUT2D eigenvalue weighted by Crippen LogP contribution is -2.42. The second kappa shape index (κ2) is 11.8. The number of nitrogens with zero attached hydrogens (tertiary/aromatic N) is 6. The number of hydrogen-bond acceptors (Lipinski definition) is 8. The number of nitriles is 1. The van der Waals surface area contributed by atoms with E-state index in [2.05, 4.69) is 25.5 Å². The Kier molecular flexibility index (Phi) is 8.18. The zero-order valence-corrected chi connectivity index (χ0v) is 25.7. The molecule has 0 bridgehead atoms. The molecule has 5 aromatic rings. The van der Waals surface area contributed by atoms with Crippen molar-refractivity contribution >= 4 is 15.7 Å². The van der Waals surface area contributed by atoms with Crippen LogP contribution in [-0.4, -0.2) is 57.3 Å². The number of carbonyl (C=O) groups is 1. The second-order valence-electron chi connectivity index (χ2n) is 10.9. The van der Waals surface area contributed by atoms with Gasteiger partial charge in [0.25, 0.3) is 5.91 Å². The van der Waals surface area contributed by atoms with E-state index >= 15 is 0 Å². The van der Waals surface area contributed by atoms with Gasteiger partial charge >= 0.3 is 6.36 Å². The highest BCUT2D eigenvalue weighted by molar-refractivity contribution is 7.90. The van der Waals surface area contributed by atoms with Gasteiger partial charge in [0.15, 0.2) is 15.5 Å². The fourth-order valence-corrected chi connectivity index (χ4v) is 5.32. The molecule has 0 aliphatic heterocycles. The van der Waals surface area contributed by atoms with Crippen LogP contribution in [0, 0.1) is 11.3 Å². The van der Waals surface area contributed by atoms with Gasteiger partial charge in [-0.1, -0.05) is 29.5 Å². The Morgan fingerprint density at radius 2 is 1.63 bits per heavy atom. The third-order valence-corrected chi connectivity index (χ3v) is 7.96. The number of halogens is 3. The van der Waals surface area contributed by atoms with E-state index in [1.165, 1.54) is 45.9 Å². The Bertz CT molecular complexity index is 2100. The number of sulfone groups is 1. The third kappa shape index (κ3) is 6.92. The monoisotopic (exact) mass is 649 g/mol. The molecular formula is C31H26F3N7O4S. The van der Waals surface area contributed by atoms with E-state index in [-0.39, 0.29) is 10.6 Å². The summed E-state index contributed by atoms with van der Waals surface area (Å²) in [5.41, 5.74) is 2.48. The summed E-state index contributed by atoms with van der Waals surface area (Å²) in [6.45, 7) is 3.11. The van der Waals surface area contributed by atoms with Crippen LogP contribution in [0.1, 0.15) is 24.3 Å². The fourth-order valence-electron chi connectivity index (χ4n) is 4.65. The van der Waals surface area contributed by atoms with Gasteiger partial charge in [0.1, 0.15) is 11.3 Å². The number of benzene rings is 3. The van der Waals surface area contributed by atoms with Crippen LogP contribution in [0.5, 0.6) is 5.75 Å². The van der Waals surface area contributed by atoms with Crippen LogP contribution >= 0.6 is 0 Å². The van der Waals surface area contributed by atoms with Crippen LogP contribution in [0.2, 0.25) is 0 Å². The molecule has 46 heavy (non-hydrogen) atoms. The molecule has 1 N–H and O–H groups in total. The summed E-state index contributed by atoms with van der Waals surface area (Å²) in [7, 11) is -1.86. The van der Waals surface area contributed by atoms with Gasteiger partial charge in [-0.05, 0) is 73.5 Å². The molecule has 236 valence electrons. The van der Waals surface area contributed by atoms with E-state index in [1.54, 1.807) is 63.4 Å². The lowest BCUT2D eigenvalue weighted by atomic mass is 10.00. The van der Waals surface area contributed by atoms with Gasteiger partial charge in [0.05, 0.1) is 34.2 Å². The molecule has 3 aromatic carbocycles. The van der Waals surface area contributed by atoms with Crippen molar-refractivity contribution in [2.75, 3.05) is 6.26 Å². The van der Waals surface area contributed by atoms with Crippen molar-refractivity contribution in [1.82, 2.24) is 30.1 Å². The van der Waals surface area contributed by atoms with Crippen LogP contribution in [-0.2, 0) is 16.9 Å². The van der Waals surface area contributed by atoms with Gasteiger partial charge in [-0.3, -0.25) is 9.48 Å². The number of carbonyl (C=O) groups excluding carboxylic acids is 1. The Hall–Kier alpha value is -5.49. The molecule has 0 saturated heterocycles. The average molecular weight is 650 g/mol. The summed E-state index contributed by atoms with van der Waals surface area (Å²) in [5.74, 6) is -0.962. The van der Waals surface area contributed by atoms with E-state index in [9.17, 15) is 31.6 Å². The highest BCUT2D eigenvalue weighted by atomic mass is 32.2. The zero-order chi connectivity index (χ0) is 33.4. The minimum atomic E-state index is -4.85. The molecule has 0 aliphatic carbocycles. The summed E-state index contributed by atoms with van der Waals surface area (Å²) in [5, 5.41) is 24.6. The molecule has 0 saturated carbocycles. The number of hydrogen-bond donors (Lipinski definition) is 1. The Morgan fingerprint density at radius 1 is 0.957 bits per heavy atom. The topological polar surface area (TPSA) is 145 Å². The summed E-state index contributed by atoms with van der Waals surface area (Å²) in [6.07, 6.45) is -2.30. The number of rotatable bonds is 8. The quantitative estimate of drug-likeness (QED) is 0.237. The molecule has 0 radical (unpaired) electrons. The second-order valence-corrected chi connectivity index (χ2v) is 12.9. The molecule has 15 heteroatoms. The standard InChI is InChI=1S/C31H26F3N7O4S/c1-30(2,18-35)37-29(42)25-16-26(40(3)38-25)24-13-10-21(20-6-5-7-23(14-20)46(4,43)44)15-27(24)41-28(17-36-39-41)19-8-11-22(12-9-19)45-31(32,33)34/h5-17H,1-4H3,(H,37,42). The summed E-state index contributed by atoms with van der Waals surface area (Å²) < 4.78 is 69.7. The SMILES string of the molecule is Cn1nc(C(=O)NC(C)(C)C#N)cc1-c1ccc(-c2cccc(S(C)(=O)=O)c2)cc1-n1nncc1-c1ccc(OC(F)(F)F)cc1. The molecule has 1 amide bonds. The van der Waals surface area contributed by atoms with Gasteiger partial charge in [-0.2, -0.15) is 10.4 Å². The van der Waals surface area contributed by atoms with Crippen LogP contribution in [0.4, 0.5) is 13.2 Å². The van der Waals surface area contributed by atoms with E-state index in [1.807, 2.05) is 6.07 Å². The van der Waals surface area contributed by atoms with Crippen LogP contribution in [0.25, 0.3) is 39.3 Å². The highest BCUT2D eigenvalue weighted by Crippen LogP contribution is 2.35. The predicted octanol–water partition coefficient (Wildman–Crippen LogP) is 5.34. The minimum absolute atomic E-state index is 0.0516. The van der Waals surface area contributed by atoms with Gasteiger partial charge in [0.2, 0.25) is 0 Å². The van der Waals surface area contributed by atoms with E-state index in [0.29, 0.717) is 39.3 Å². The van der Waals surface area contributed by atoms with Crippen molar-refractivity contribution < 1.29 is 31.1 Å². The maximum absolute atomic E-state index is 12.9. The number of aryl methyl sites for hydroxylation is 1. The van der Waals surface area contributed by atoms with Crippen LogP contribution in [0.15, 0.2) is 83.9 Å². The van der Waals surface area contributed by atoms with Crippen molar-refractivity contribution in [1.29, 1.82) is 5.26 Å². The molecule has 11 nitrogen and oxygen atoms in total. The molecule has 0 aliphatic rings. The summed E-state index contributed by atoms with van der Waals surface area (Å²) in [6, 6.07) is 20.4. The number of alkyl halides is 3. The maximum Gasteiger partial charge on any atom is 0.573 e. The Morgan fingerprint density at radius 3 is 2.28 bits per heavy atom. The van der Waals surface area contributed by atoms with Crippen molar-refractivity contribution in [3.63, 3.8) is 0 Å². The van der Waals surface area contributed by atoms with E-state index in [0.717, 1.165) is 6.26 Å². The summed E-state index contributed by atoms with van der Waals surface area (Å²) >= 11 is 0. The van der Waals surface area contributed by atoms with Crippen molar-refractivity contribution in [3.05, 3.63) is 84.7 Å². The van der Waals surface area contributed by atoms with Gasteiger partial charge in [0, 0.05) is 24.4 Å². The number of ether oxygens (including phenoxy) is 1. The first-order valence-corrected chi connectivity index (χ1v) is 15.4. The lowest BCUT2D eigenvalue weighted by Gasteiger charge is -2.16. The predicted molar refractivity (Wildman–Crippen MR) is 161 cm³/mol. The molecular weight excluding hydrogens is 623 g/mol. The molecule has 0 fully saturated rings. The molecule has 0 unspecified atom stereocenters. The zero-order valence-electron chi connectivity index (χ0n) is 24.9.